The molecule has 1 aromatic carbocycles. The van der Waals surface area contributed by atoms with E-state index in [9.17, 15) is 9.59 Å². The number of amides is 2. The molecular formula is C26H26ClN5O4. The van der Waals surface area contributed by atoms with E-state index in [0.717, 1.165) is 24.1 Å². The first-order chi connectivity index (χ1) is 17.5. The molecule has 1 spiro atoms. The number of benzene rings is 1. The van der Waals surface area contributed by atoms with E-state index in [1.807, 2.05) is 18.2 Å². The minimum absolute atomic E-state index is 0.0979. The summed E-state index contributed by atoms with van der Waals surface area (Å²) in [5.74, 6) is 0.554. The quantitative estimate of drug-likeness (QED) is 0.257. The number of aromatic amines is 1. The van der Waals surface area contributed by atoms with Gasteiger partial charge in [0.05, 0.1) is 47.5 Å². The molecule has 186 valence electrons. The Bertz CT molecular complexity index is 1350. The maximum atomic E-state index is 13.1. The molecule has 9 nitrogen and oxygen atoms in total. The van der Waals surface area contributed by atoms with E-state index in [4.69, 9.17) is 21.1 Å². The number of anilines is 2. The minimum atomic E-state index is -0.273. The number of pyridine rings is 1. The molecule has 5 rings (SSSR count). The molecule has 3 heterocycles. The Balaban J connectivity index is 1.58. The molecule has 0 bridgehead atoms. The number of fused-ring (bicyclic) bond motifs is 2. The number of carbonyl (C=O) groups is 2. The lowest BCUT2D eigenvalue weighted by molar-refractivity contribution is -0.116. The first-order valence-corrected chi connectivity index (χ1v) is 12.0. The number of H-pyrrole nitrogens is 1. The minimum Gasteiger partial charge on any atom is -0.493 e. The second kappa shape index (κ2) is 9.58. The molecule has 1 saturated carbocycles. The fourth-order valence-electron chi connectivity index (χ4n) is 4.51. The average molecular weight is 508 g/mol. The Morgan fingerprint density at radius 2 is 2.17 bits per heavy atom. The van der Waals surface area contributed by atoms with Crippen molar-refractivity contribution in [3.05, 3.63) is 65.6 Å². The van der Waals surface area contributed by atoms with E-state index >= 15 is 0 Å². The average Bonchev–Trinajstić information content (AvgIpc) is 3.57. The third-order valence-corrected chi connectivity index (χ3v) is 6.82. The van der Waals surface area contributed by atoms with Crippen LogP contribution in [0.3, 0.4) is 0 Å². The molecule has 1 aliphatic heterocycles. The SMILES string of the molecule is C=CC(=O)NCCOc1cnccc1-c1[nH]c2c(c1Nc1cccc(Cl)c1OC)C(=O)NCC21CC1. The predicted octanol–water partition coefficient (Wildman–Crippen LogP) is 3.94. The van der Waals surface area contributed by atoms with Crippen LogP contribution in [0.2, 0.25) is 5.02 Å². The van der Waals surface area contributed by atoms with Gasteiger partial charge in [-0.3, -0.25) is 14.6 Å². The van der Waals surface area contributed by atoms with Crippen LogP contribution in [0, 0.1) is 0 Å². The lowest BCUT2D eigenvalue weighted by atomic mass is 9.93. The molecule has 3 aromatic rings. The van der Waals surface area contributed by atoms with Gasteiger partial charge in [-0.25, -0.2) is 0 Å². The van der Waals surface area contributed by atoms with Crippen molar-refractivity contribution in [2.45, 2.75) is 18.3 Å². The van der Waals surface area contributed by atoms with E-state index in [-0.39, 0.29) is 23.8 Å². The summed E-state index contributed by atoms with van der Waals surface area (Å²) in [5.41, 5.74) is 4.02. The number of halogens is 1. The predicted molar refractivity (Wildman–Crippen MR) is 137 cm³/mol. The monoisotopic (exact) mass is 507 g/mol. The van der Waals surface area contributed by atoms with Gasteiger partial charge in [-0.2, -0.15) is 0 Å². The number of rotatable bonds is 9. The summed E-state index contributed by atoms with van der Waals surface area (Å²) in [6, 6.07) is 7.22. The molecule has 0 saturated heterocycles. The van der Waals surface area contributed by atoms with Gasteiger partial charge < -0.3 is 30.4 Å². The number of hydrogen-bond donors (Lipinski definition) is 4. The van der Waals surface area contributed by atoms with Crippen LogP contribution in [0.15, 0.2) is 49.3 Å². The second-order valence-electron chi connectivity index (χ2n) is 8.75. The highest BCUT2D eigenvalue weighted by atomic mass is 35.5. The molecule has 2 aliphatic rings. The van der Waals surface area contributed by atoms with Crippen LogP contribution in [0.5, 0.6) is 11.5 Å². The fraction of sp³-hybridized carbons (Fsp3) is 0.269. The number of ether oxygens (including phenoxy) is 2. The molecule has 10 heteroatoms. The maximum Gasteiger partial charge on any atom is 0.255 e. The highest BCUT2D eigenvalue weighted by Crippen LogP contribution is 2.54. The molecule has 4 N–H and O–H groups in total. The van der Waals surface area contributed by atoms with Gasteiger partial charge in [-0.05, 0) is 37.1 Å². The number of hydrogen-bond acceptors (Lipinski definition) is 6. The second-order valence-corrected chi connectivity index (χ2v) is 9.16. The largest absolute Gasteiger partial charge is 0.493 e. The van der Waals surface area contributed by atoms with Gasteiger partial charge in [-0.1, -0.05) is 24.2 Å². The van der Waals surface area contributed by atoms with Crippen molar-refractivity contribution >= 4 is 34.8 Å². The van der Waals surface area contributed by atoms with Crippen molar-refractivity contribution in [2.75, 3.05) is 32.1 Å². The molecule has 36 heavy (non-hydrogen) atoms. The summed E-state index contributed by atoms with van der Waals surface area (Å²) in [7, 11) is 1.55. The Kier molecular flexibility index (Phi) is 6.32. The van der Waals surface area contributed by atoms with Crippen LogP contribution in [0.25, 0.3) is 11.3 Å². The van der Waals surface area contributed by atoms with Crippen molar-refractivity contribution in [3.8, 4) is 22.8 Å². The third-order valence-electron chi connectivity index (χ3n) is 6.53. The van der Waals surface area contributed by atoms with Crippen LogP contribution >= 0.6 is 11.6 Å². The summed E-state index contributed by atoms with van der Waals surface area (Å²) in [6.45, 7) is 4.58. The Labute approximate surface area is 213 Å². The molecule has 1 fully saturated rings. The molecule has 0 atom stereocenters. The molecule has 2 amide bonds. The van der Waals surface area contributed by atoms with E-state index in [1.54, 1.807) is 25.6 Å². The van der Waals surface area contributed by atoms with E-state index < -0.39 is 0 Å². The van der Waals surface area contributed by atoms with Crippen LogP contribution in [0.4, 0.5) is 11.4 Å². The first kappa shape index (κ1) is 23.7. The third kappa shape index (κ3) is 4.26. The Hall–Kier alpha value is -3.98. The van der Waals surface area contributed by atoms with Gasteiger partial charge >= 0.3 is 0 Å². The molecule has 1 aliphatic carbocycles. The van der Waals surface area contributed by atoms with Crippen LogP contribution < -0.4 is 25.4 Å². The standard InChI is InChI=1S/C26H26ClN5O4/c1-3-19(33)29-11-12-36-18-13-28-10-7-15(18)21-22(31-17-6-4-5-16(27)23(17)35-2)20-24(32-21)26(8-9-26)14-30-25(20)34/h3-7,10,13,31-32H,1,8-9,11-12,14H2,2H3,(H,29,33)(H,30,34). The molecule has 2 aromatic heterocycles. The highest BCUT2D eigenvalue weighted by molar-refractivity contribution is 6.32. The topological polar surface area (TPSA) is 117 Å². The molecular weight excluding hydrogens is 482 g/mol. The molecule has 0 unspecified atom stereocenters. The normalized spacial score (nSPS) is 15.0. The number of carbonyl (C=O) groups excluding carboxylic acids is 2. The first-order valence-electron chi connectivity index (χ1n) is 11.6. The lowest BCUT2D eigenvalue weighted by Gasteiger charge is -2.23. The van der Waals surface area contributed by atoms with Gasteiger partial charge in [0.15, 0.2) is 5.75 Å². The fourth-order valence-corrected chi connectivity index (χ4v) is 4.77. The smallest absolute Gasteiger partial charge is 0.255 e. The van der Waals surface area contributed by atoms with Crippen molar-refractivity contribution in [3.63, 3.8) is 0 Å². The van der Waals surface area contributed by atoms with E-state index in [1.165, 1.54) is 6.08 Å². The zero-order valence-electron chi connectivity index (χ0n) is 19.7. The number of nitrogens with one attached hydrogen (secondary N) is 4. The highest BCUT2D eigenvalue weighted by Gasteiger charge is 2.51. The number of nitrogens with zero attached hydrogens (tertiary/aromatic N) is 1. The van der Waals surface area contributed by atoms with Crippen molar-refractivity contribution < 1.29 is 19.1 Å². The number of methoxy groups -OCH3 is 1. The van der Waals surface area contributed by atoms with Crippen molar-refractivity contribution in [2.24, 2.45) is 0 Å². The number of aromatic nitrogens is 2. The van der Waals surface area contributed by atoms with Gasteiger partial charge in [-0.15, -0.1) is 0 Å². The summed E-state index contributed by atoms with van der Waals surface area (Å²) in [6.07, 6.45) is 6.46. The van der Waals surface area contributed by atoms with Crippen LogP contribution in [-0.2, 0) is 10.2 Å². The van der Waals surface area contributed by atoms with Crippen molar-refractivity contribution in [1.82, 2.24) is 20.6 Å². The zero-order valence-corrected chi connectivity index (χ0v) is 20.5. The summed E-state index contributed by atoms with van der Waals surface area (Å²) >= 11 is 6.37. The summed E-state index contributed by atoms with van der Waals surface area (Å²) in [5, 5.41) is 9.59. The zero-order chi connectivity index (χ0) is 25.3. The molecule has 0 radical (unpaired) electrons. The van der Waals surface area contributed by atoms with Crippen LogP contribution in [-0.4, -0.2) is 48.6 Å². The van der Waals surface area contributed by atoms with Crippen molar-refractivity contribution in [1.29, 1.82) is 0 Å². The van der Waals surface area contributed by atoms with Gasteiger partial charge in [0, 0.05) is 29.4 Å². The van der Waals surface area contributed by atoms with E-state index in [0.29, 0.717) is 52.2 Å². The van der Waals surface area contributed by atoms with Crippen LogP contribution in [0.1, 0.15) is 28.9 Å². The van der Waals surface area contributed by atoms with Gasteiger partial charge in [0.1, 0.15) is 12.4 Å². The summed E-state index contributed by atoms with van der Waals surface area (Å²) < 4.78 is 11.5. The van der Waals surface area contributed by atoms with Gasteiger partial charge in [0.2, 0.25) is 5.91 Å². The number of para-hydroxylation sites is 1. The lowest BCUT2D eigenvalue weighted by Crippen LogP contribution is -2.39. The Morgan fingerprint density at radius 1 is 1.33 bits per heavy atom. The van der Waals surface area contributed by atoms with Gasteiger partial charge in [0.25, 0.3) is 5.91 Å². The Morgan fingerprint density at radius 3 is 2.92 bits per heavy atom. The summed E-state index contributed by atoms with van der Waals surface area (Å²) in [4.78, 5) is 32.4. The van der Waals surface area contributed by atoms with E-state index in [2.05, 4.69) is 32.5 Å². The maximum absolute atomic E-state index is 13.1.